The van der Waals surface area contributed by atoms with Gasteiger partial charge in [0.25, 0.3) is 0 Å². The zero-order valence-electron chi connectivity index (χ0n) is 33.9. The predicted octanol–water partition coefficient (Wildman–Crippen LogP) is 16.9. The smallest absolute Gasteiger partial charge is 0.102 e. The van der Waals surface area contributed by atoms with E-state index in [2.05, 4.69) is 144 Å². The van der Waals surface area contributed by atoms with E-state index in [0.717, 1.165) is 47.3 Å². The molecular formula is C45H69Cl5. The molecule has 4 aliphatic carbocycles. The molecule has 0 radical (unpaired) electrons. The van der Waals surface area contributed by atoms with Crippen molar-refractivity contribution in [2.24, 2.45) is 47.3 Å². The molecule has 10 atom stereocenters. The Morgan fingerprint density at radius 3 is 0.860 bits per heavy atom. The number of halogens is 5. The van der Waals surface area contributed by atoms with E-state index in [-0.39, 0.29) is 0 Å². The highest BCUT2D eigenvalue weighted by molar-refractivity contribution is 6.67. The van der Waals surface area contributed by atoms with Gasteiger partial charge in [0, 0.05) is 11.8 Å². The van der Waals surface area contributed by atoms with Crippen LogP contribution in [0.1, 0.15) is 151 Å². The zero-order chi connectivity index (χ0) is 38.7. The molecule has 0 amide bonds. The Bertz CT molecular complexity index is 1210. The Hall–Kier alpha value is -0.630. The fourth-order valence-corrected chi connectivity index (χ4v) is 7.72. The van der Waals surface area contributed by atoms with Crippen molar-refractivity contribution >= 4 is 69.2 Å². The normalized spacial score (nSPS) is 30.5. The van der Waals surface area contributed by atoms with E-state index >= 15 is 0 Å². The second-order valence-corrected chi connectivity index (χ2v) is 21.3. The number of allylic oxidation sites excluding steroid dienone is 4. The van der Waals surface area contributed by atoms with E-state index in [1.807, 2.05) is 0 Å². The van der Waals surface area contributed by atoms with Gasteiger partial charge in [-0.05, 0) is 128 Å². The summed E-state index contributed by atoms with van der Waals surface area (Å²) in [7, 11) is 0. The molecule has 6 rings (SSSR count). The first-order valence-corrected chi connectivity index (χ1v) is 20.7. The van der Waals surface area contributed by atoms with Crippen molar-refractivity contribution in [2.45, 2.75) is 137 Å². The summed E-state index contributed by atoms with van der Waals surface area (Å²) in [5.41, 5.74) is 8.66. The van der Waals surface area contributed by atoms with Crippen molar-refractivity contribution in [3.05, 3.63) is 82.9 Å². The highest BCUT2D eigenvalue weighted by atomic mass is 35.6. The quantitative estimate of drug-likeness (QED) is 0.233. The Morgan fingerprint density at radius 1 is 0.460 bits per heavy atom. The molecule has 2 fully saturated rings. The van der Waals surface area contributed by atoms with E-state index in [0.29, 0.717) is 11.8 Å². The highest BCUT2D eigenvalue weighted by Crippen LogP contribution is 2.41. The summed E-state index contributed by atoms with van der Waals surface area (Å²) in [6.45, 7) is 32.8. The molecule has 2 saturated carbocycles. The van der Waals surface area contributed by atoms with Crippen molar-refractivity contribution in [2.75, 3.05) is 0 Å². The van der Waals surface area contributed by atoms with E-state index in [9.17, 15) is 0 Å². The van der Waals surface area contributed by atoms with Crippen molar-refractivity contribution in [1.82, 2.24) is 0 Å². The topological polar surface area (TPSA) is 0 Å². The molecule has 2 aromatic rings. The standard InChI is InChI=1S/2C11H12.2C9H18.C3H6Cl2.C2H3Cl3/c2*1-8-7-9(2)11-6-4-3-5-10(8)11;2*1-6-5-7(2)9(4)8(6)3;1-3(2,4)5;1-2(3,4)5/h2*3-8H,1-2H3;2*6-9H,5H2,1-4H3;1-2H3;1H3. The van der Waals surface area contributed by atoms with Gasteiger partial charge in [-0.15, -0.1) is 23.2 Å². The maximum absolute atomic E-state index is 5.30. The molecule has 0 N–H and O–H groups in total. The molecular weight excluding hydrogens is 718 g/mol. The van der Waals surface area contributed by atoms with Crippen LogP contribution in [0.5, 0.6) is 0 Å². The lowest BCUT2D eigenvalue weighted by Gasteiger charge is -2.14. The van der Waals surface area contributed by atoms with Crippen LogP contribution >= 0.6 is 58.0 Å². The highest BCUT2D eigenvalue weighted by Gasteiger charge is 2.32. The van der Waals surface area contributed by atoms with Gasteiger partial charge in [-0.1, -0.05) is 165 Å². The molecule has 0 nitrogen and oxygen atoms in total. The van der Waals surface area contributed by atoms with Gasteiger partial charge in [0.2, 0.25) is 0 Å². The van der Waals surface area contributed by atoms with E-state index in [4.69, 9.17) is 58.0 Å². The summed E-state index contributed by atoms with van der Waals surface area (Å²) >= 11 is 25.8. The lowest BCUT2D eigenvalue weighted by atomic mass is 9.92. The summed E-state index contributed by atoms with van der Waals surface area (Å²) in [5, 5.41) is 0. The van der Waals surface area contributed by atoms with Crippen LogP contribution < -0.4 is 0 Å². The first-order valence-electron chi connectivity index (χ1n) is 18.8. The Labute approximate surface area is 334 Å². The monoisotopic (exact) mass is 784 g/mol. The molecule has 2 aromatic carbocycles. The molecule has 5 heteroatoms. The summed E-state index contributed by atoms with van der Waals surface area (Å²) in [6, 6.07) is 17.3. The molecule has 0 spiro atoms. The minimum atomic E-state index is -1.08. The van der Waals surface area contributed by atoms with Crippen LogP contribution in [0.15, 0.2) is 60.7 Å². The van der Waals surface area contributed by atoms with Gasteiger partial charge in [-0.25, -0.2) is 0 Å². The molecule has 50 heavy (non-hydrogen) atoms. The largest absolute Gasteiger partial charge is 0.187 e. The van der Waals surface area contributed by atoms with Gasteiger partial charge in [-0.2, -0.15) is 0 Å². The van der Waals surface area contributed by atoms with Gasteiger partial charge in [0.1, 0.15) is 4.33 Å². The van der Waals surface area contributed by atoms with Crippen LogP contribution in [0, 0.1) is 47.3 Å². The van der Waals surface area contributed by atoms with Gasteiger partial charge < -0.3 is 0 Å². The molecule has 284 valence electrons. The number of hydrogen-bond donors (Lipinski definition) is 0. The fraction of sp³-hybridized carbons (Fsp3) is 0.644. The van der Waals surface area contributed by atoms with Gasteiger partial charge in [-0.3, -0.25) is 0 Å². The van der Waals surface area contributed by atoms with E-state index < -0.39 is 8.13 Å². The molecule has 4 aliphatic rings. The molecule has 0 bridgehead atoms. The van der Waals surface area contributed by atoms with Crippen molar-refractivity contribution in [3.8, 4) is 0 Å². The summed E-state index contributed by atoms with van der Waals surface area (Å²) in [4.78, 5) is 0. The Kier molecular flexibility index (Phi) is 20.2. The molecule has 0 aliphatic heterocycles. The average molecular weight is 787 g/mol. The summed E-state index contributed by atoms with van der Waals surface area (Å²) < 4.78 is -1.64. The maximum atomic E-state index is 5.30. The SMILES string of the molecule is CC(C)(Cl)Cl.CC(Cl)(Cl)Cl.CC1=CC(C)c2ccccc21.CC1=CC(C)c2ccccc21.CC1CC(C)C(C)C1C.CC1CC(C)C(C)C1C. The number of benzene rings is 2. The summed E-state index contributed by atoms with van der Waals surface area (Å²) in [5.74, 6) is 8.94. The molecule has 0 heterocycles. The minimum Gasteiger partial charge on any atom is -0.102 e. The van der Waals surface area contributed by atoms with Gasteiger partial charge in [0.05, 0.1) is 0 Å². The second kappa shape index (κ2) is 21.3. The third-order valence-corrected chi connectivity index (χ3v) is 11.5. The van der Waals surface area contributed by atoms with Crippen molar-refractivity contribution < 1.29 is 0 Å². The first-order chi connectivity index (χ1) is 22.8. The maximum Gasteiger partial charge on any atom is 0.187 e. The van der Waals surface area contributed by atoms with Crippen molar-refractivity contribution in [3.63, 3.8) is 0 Å². The summed E-state index contributed by atoms with van der Waals surface area (Å²) in [6.07, 6.45) is 7.54. The number of hydrogen-bond acceptors (Lipinski definition) is 0. The molecule has 10 unspecified atom stereocenters. The lowest BCUT2D eigenvalue weighted by molar-refractivity contribution is 0.352. The third kappa shape index (κ3) is 17.0. The van der Waals surface area contributed by atoms with E-state index in [1.165, 1.54) is 53.2 Å². The van der Waals surface area contributed by atoms with Crippen LogP contribution in [-0.2, 0) is 0 Å². The van der Waals surface area contributed by atoms with Crippen LogP contribution in [0.4, 0.5) is 0 Å². The predicted molar refractivity (Wildman–Crippen MR) is 231 cm³/mol. The molecule has 0 aromatic heterocycles. The number of fused-ring (bicyclic) bond motifs is 2. The van der Waals surface area contributed by atoms with E-state index in [1.54, 1.807) is 13.8 Å². The number of rotatable bonds is 0. The zero-order valence-corrected chi connectivity index (χ0v) is 37.6. The first kappa shape index (κ1) is 47.4. The van der Waals surface area contributed by atoms with Gasteiger partial charge >= 0.3 is 0 Å². The van der Waals surface area contributed by atoms with Crippen molar-refractivity contribution in [1.29, 1.82) is 0 Å². The van der Waals surface area contributed by atoms with Crippen LogP contribution in [0.3, 0.4) is 0 Å². The fourth-order valence-electron chi connectivity index (χ4n) is 7.72. The second-order valence-electron chi connectivity index (χ2n) is 16.4. The van der Waals surface area contributed by atoms with Crippen LogP contribution in [0.2, 0.25) is 0 Å². The van der Waals surface area contributed by atoms with Crippen LogP contribution in [-0.4, -0.2) is 8.13 Å². The Balaban J connectivity index is 0.000000308. The molecule has 0 saturated heterocycles. The van der Waals surface area contributed by atoms with Crippen LogP contribution in [0.25, 0.3) is 11.1 Å². The minimum absolute atomic E-state index is 0.556. The Morgan fingerprint density at radius 2 is 0.680 bits per heavy atom. The van der Waals surface area contributed by atoms with Gasteiger partial charge in [0.15, 0.2) is 3.79 Å². The average Bonchev–Trinajstić information content (AvgIpc) is 3.62. The lowest BCUT2D eigenvalue weighted by Crippen LogP contribution is -2.07. The third-order valence-electron chi connectivity index (χ3n) is 11.5. The number of alkyl halides is 5.